The Labute approximate surface area is 177 Å². The highest BCUT2D eigenvalue weighted by Gasteiger charge is 2.25. The van der Waals surface area contributed by atoms with E-state index in [2.05, 4.69) is 30.9 Å². The van der Waals surface area contributed by atoms with Crippen LogP contribution in [-0.4, -0.2) is 53.4 Å². The van der Waals surface area contributed by atoms with Crippen LogP contribution in [0.5, 0.6) is 5.75 Å². The molecule has 156 valence electrons. The van der Waals surface area contributed by atoms with E-state index in [-0.39, 0.29) is 12.5 Å². The van der Waals surface area contributed by atoms with Gasteiger partial charge in [-0.2, -0.15) is 5.10 Å². The lowest BCUT2D eigenvalue weighted by Gasteiger charge is -2.36. The first-order chi connectivity index (χ1) is 14.5. The third kappa shape index (κ3) is 4.17. The Kier molecular flexibility index (Phi) is 5.74. The van der Waals surface area contributed by atoms with Crippen LogP contribution < -0.4 is 9.64 Å². The van der Waals surface area contributed by atoms with E-state index in [0.717, 1.165) is 41.5 Å². The van der Waals surface area contributed by atoms with Gasteiger partial charge >= 0.3 is 0 Å². The summed E-state index contributed by atoms with van der Waals surface area (Å²) in [4.78, 5) is 16.8. The molecule has 1 fully saturated rings. The SMILES string of the molecule is Cc1cccc(OCC(=O)N2CCN(c3c(C)nn(-c4ccccc4)c3C)CC2)c1. The zero-order valence-corrected chi connectivity index (χ0v) is 17.8. The number of carbonyl (C=O) groups excluding carboxylic acids is 1. The molecule has 1 aromatic heterocycles. The second-order valence-corrected chi connectivity index (χ2v) is 7.74. The molecule has 0 unspecified atom stereocenters. The van der Waals surface area contributed by atoms with Gasteiger partial charge in [-0.25, -0.2) is 4.68 Å². The van der Waals surface area contributed by atoms with Crippen molar-refractivity contribution in [1.29, 1.82) is 0 Å². The summed E-state index contributed by atoms with van der Waals surface area (Å²) in [6, 6.07) is 18.0. The van der Waals surface area contributed by atoms with Gasteiger partial charge in [0, 0.05) is 26.2 Å². The second-order valence-electron chi connectivity index (χ2n) is 7.74. The van der Waals surface area contributed by atoms with Crippen LogP contribution in [0, 0.1) is 20.8 Å². The zero-order chi connectivity index (χ0) is 21.1. The quantitative estimate of drug-likeness (QED) is 0.653. The van der Waals surface area contributed by atoms with Crippen LogP contribution in [0.3, 0.4) is 0 Å². The van der Waals surface area contributed by atoms with Gasteiger partial charge in [0.2, 0.25) is 0 Å². The lowest BCUT2D eigenvalue weighted by Crippen LogP contribution is -2.50. The number of benzene rings is 2. The summed E-state index contributed by atoms with van der Waals surface area (Å²) in [7, 11) is 0. The average molecular weight is 405 g/mol. The van der Waals surface area contributed by atoms with Gasteiger partial charge in [-0.3, -0.25) is 4.79 Å². The van der Waals surface area contributed by atoms with Crippen molar-refractivity contribution in [2.75, 3.05) is 37.7 Å². The number of anilines is 1. The second kappa shape index (κ2) is 8.61. The molecule has 1 aliphatic rings. The van der Waals surface area contributed by atoms with Gasteiger partial charge in [-0.05, 0) is 50.6 Å². The molecule has 0 atom stereocenters. The summed E-state index contributed by atoms with van der Waals surface area (Å²) in [5, 5.41) is 4.75. The van der Waals surface area contributed by atoms with Gasteiger partial charge < -0.3 is 14.5 Å². The van der Waals surface area contributed by atoms with Crippen LogP contribution in [-0.2, 0) is 4.79 Å². The molecular weight excluding hydrogens is 376 g/mol. The van der Waals surface area contributed by atoms with E-state index in [1.165, 1.54) is 5.69 Å². The van der Waals surface area contributed by atoms with Crippen molar-refractivity contribution in [2.45, 2.75) is 20.8 Å². The molecule has 0 aliphatic carbocycles. The van der Waals surface area contributed by atoms with Crippen molar-refractivity contribution >= 4 is 11.6 Å². The van der Waals surface area contributed by atoms with Crippen molar-refractivity contribution in [3.8, 4) is 11.4 Å². The predicted octanol–water partition coefficient (Wildman–Crippen LogP) is 3.53. The fraction of sp³-hybridized carbons (Fsp3) is 0.333. The minimum absolute atomic E-state index is 0.0320. The van der Waals surface area contributed by atoms with Crippen LogP contribution in [0.15, 0.2) is 54.6 Å². The lowest BCUT2D eigenvalue weighted by atomic mass is 10.2. The highest BCUT2D eigenvalue weighted by molar-refractivity contribution is 5.78. The highest BCUT2D eigenvalue weighted by atomic mass is 16.5. The van der Waals surface area contributed by atoms with Crippen molar-refractivity contribution in [3.63, 3.8) is 0 Å². The minimum Gasteiger partial charge on any atom is -0.484 e. The number of piperazine rings is 1. The molecule has 2 aromatic carbocycles. The Bertz CT molecular complexity index is 1020. The molecule has 0 radical (unpaired) electrons. The third-order valence-electron chi connectivity index (χ3n) is 5.55. The number of amides is 1. The van der Waals surface area contributed by atoms with Gasteiger partial charge in [0.05, 0.1) is 22.8 Å². The minimum atomic E-state index is 0.0320. The molecule has 30 heavy (non-hydrogen) atoms. The Balaban J connectivity index is 1.38. The Morgan fingerprint density at radius 3 is 2.40 bits per heavy atom. The molecule has 0 N–H and O–H groups in total. The molecule has 0 bridgehead atoms. The van der Waals surface area contributed by atoms with E-state index < -0.39 is 0 Å². The zero-order valence-electron chi connectivity index (χ0n) is 17.8. The van der Waals surface area contributed by atoms with E-state index in [1.807, 2.05) is 59.0 Å². The number of nitrogens with zero attached hydrogens (tertiary/aromatic N) is 4. The number of hydrogen-bond acceptors (Lipinski definition) is 4. The maximum Gasteiger partial charge on any atom is 0.260 e. The molecule has 6 heteroatoms. The third-order valence-corrected chi connectivity index (χ3v) is 5.55. The van der Waals surface area contributed by atoms with E-state index in [4.69, 9.17) is 9.84 Å². The summed E-state index contributed by atoms with van der Waals surface area (Å²) in [5.74, 6) is 0.770. The van der Waals surface area contributed by atoms with Gasteiger partial charge in [0.15, 0.2) is 6.61 Å². The monoisotopic (exact) mass is 404 g/mol. The first-order valence-corrected chi connectivity index (χ1v) is 10.4. The van der Waals surface area contributed by atoms with Crippen LogP contribution >= 0.6 is 0 Å². The molecule has 1 amide bonds. The van der Waals surface area contributed by atoms with Gasteiger partial charge in [0.25, 0.3) is 5.91 Å². The van der Waals surface area contributed by atoms with Gasteiger partial charge in [-0.15, -0.1) is 0 Å². The molecule has 1 aliphatic heterocycles. The molecule has 4 rings (SSSR count). The number of rotatable bonds is 5. The summed E-state index contributed by atoms with van der Waals surface area (Å²) in [6.07, 6.45) is 0. The average Bonchev–Trinajstić information content (AvgIpc) is 3.07. The van der Waals surface area contributed by atoms with Crippen LogP contribution in [0.2, 0.25) is 0 Å². The molecule has 6 nitrogen and oxygen atoms in total. The Morgan fingerprint density at radius 2 is 1.70 bits per heavy atom. The Morgan fingerprint density at radius 1 is 0.967 bits per heavy atom. The van der Waals surface area contributed by atoms with Crippen LogP contribution in [0.1, 0.15) is 17.0 Å². The van der Waals surface area contributed by atoms with Crippen molar-refractivity contribution in [2.24, 2.45) is 0 Å². The first kappa shape index (κ1) is 20.0. The predicted molar refractivity (Wildman–Crippen MR) is 119 cm³/mol. The lowest BCUT2D eigenvalue weighted by molar-refractivity contribution is -0.133. The van der Waals surface area contributed by atoms with Gasteiger partial charge in [0.1, 0.15) is 5.75 Å². The molecule has 1 saturated heterocycles. The van der Waals surface area contributed by atoms with Crippen LogP contribution in [0.4, 0.5) is 5.69 Å². The highest BCUT2D eigenvalue weighted by Crippen LogP contribution is 2.27. The molecule has 0 saturated carbocycles. The summed E-state index contributed by atoms with van der Waals surface area (Å²) in [6.45, 7) is 9.20. The topological polar surface area (TPSA) is 50.6 Å². The Hall–Kier alpha value is -3.28. The summed E-state index contributed by atoms with van der Waals surface area (Å²) < 4.78 is 7.68. The maximum absolute atomic E-state index is 12.6. The smallest absolute Gasteiger partial charge is 0.260 e. The fourth-order valence-corrected chi connectivity index (χ4v) is 4.03. The fourth-order valence-electron chi connectivity index (χ4n) is 4.03. The standard InChI is InChI=1S/C24H28N4O2/c1-18-8-7-11-22(16-18)30-17-23(29)26-12-14-27(15-13-26)24-19(2)25-28(20(24)3)21-9-5-4-6-10-21/h4-11,16H,12-15,17H2,1-3H3. The molecular formula is C24H28N4O2. The number of aryl methyl sites for hydroxylation is 2. The van der Waals surface area contributed by atoms with Crippen LogP contribution in [0.25, 0.3) is 5.69 Å². The van der Waals surface area contributed by atoms with Gasteiger partial charge in [-0.1, -0.05) is 30.3 Å². The maximum atomic E-state index is 12.6. The van der Waals surface area contributed by atoms with Crippen molar-refractivity contribution in [1.82, 2.24) is 14.7 Å². The van der Waals surface area contributed by atoms with E-state index >= 15 is 0 Å². The number of hydrogen-bond donors (Lipinski definition) is 0. The molecule has 3 aromatic rings. The number of carbonyl (C=O) groups is 1. The summed E-state index contributed by atoms with van der Waals surface area (Å²) >= 11 is 0. The molecule has 0 spiro atoms. The van der Waals surface area contributed by atoms with Crippen molar-refractivity contribution < 1.29 is 9.53 Å². The largest absolute Gasteiger partial charge is 0.484 e. The number of ether oxygens (including phenoxy) is 1. The van der Waals surface area contributed by atoms with E-state index in [9.17, 15) is 4.79 Å². The van der Waals surface area contributed by atoms with Crippen molar-refractivity contribution in [3.05, 3.63) is 71.5 Å². The number of para-hydroxylation sites is 1. The normalized spacial score (nSPS) is 14.1. The van der Waals surface area contributed by atoms with E-state index in [0.29, 0.717) is 13.1 Å². The first-order valence-electron chi connectivity index (χ1n) is 10.4. The summed E-state index contributed by atoms with van der Waals surface area (Å²) in [5.41, 5.74) is 5.49. The molecule has 2 heterocycles. The number of aromatic nitrogens is 2. The van der Waals surface area contributed by atoms with E-state index in [1.54, 1.807) is 0 Å².